The van der Waals surface area contributed by atoms with Gasteiger partial charge in [-0.1, -0.05) is 0 Å². The SMILES string of the molecule is CC(C)(C)OC(=O)N=C1CC1=NC(=O)OC(C)(C)C. The number of ether oxygens (including phenoxy) is 2. The molecule has 1 aliphatic carbocycles. The van der Waals surface area contributed by atoms with Crippen molar-refractivity contribution in [3.8, 4) is 0 Å². The Morgan fingerprint density at radius 3 is 1.42 bits per heavy atom. The van der Waals surface area contributed by atoms with E-state index in [1.165, 1.54) is 0 Å². The van der Waals surface area contributed by atoms with E-state index in [2.05, 4.69) is 9.98 Å². The maximum Gasteiger partial charge on any atom is 0.434 e. The Hall–Kier alpha value is -1.72. The maximum atomic E-state index is 11.4. The van der Waals surface area contributed by atoms with Crippen LogP contribution in [0.25, 0.3) is 0 Å². The van der Waals surface area contributed by atoms with Crippen molar-refractivity contribution in [2.24, 2.45) is 9.98 Å². The first-order chi connectivity index (χ1) is 8.46. The molecular weight excluding hydrogens is 248 g/mol. The molecule has 6 heteroatoms. The lowest BCUT2D eigenvalue weighted by atomic mass is 10.2. The van der Waals surface area contributed by atoms with E-state index in [1.54, 1.807) is 41.5 Å². The number of hydrogen-bond acceptors (Lipinski definition) is 4. The molecule has 0 heterocycles. The number of nitrogens with zero attached hydrogens (tertiary/aromatic N) is 2. The largest absolute Gasteiger partial charge is 0.442 e. The highest BCUT2D eigenvalue weighted by Gasteiger charge is 2.30. The molecule has 0 aromatic rings. The van der Waals surface area contributed by atoms with Gasteiger partial charge in [0.05, 0.1) is 11.4 Å². The van der Waals surface area contributed by atoms with Gasteiger partial charge in [0.15, 0.2) is 0 Å². The molecule has 0 bridgehead atoms. The van der Waals surface area contributed by atoms with Crippen LogP contribution < -0.4 is 0 Å². The fraction of sp³-hybridized carbons (Fsp3) is 0.692. The van der Waals surface area contributed by atoms with Gasteiger partial charge in [-0.05, 0) is 41.5 Å². The molecule has 2 amide bonds. The number of rotatable bonds is 0. The van der Waals surface area contributed by atoms with E-state index >= 15 is 0 Å². The minimum Gasteiger partial charge on any atom is -0.442 e. The van der Waals surface area contributed by atoms with Gasteiger partial charge >= 0.3 is 12.2 Å². The Bertz CT molecular complexity index is 408. The molecule has 0 saturated heterocycles. The second kappa shape index (κ2) is 5.11. The van der Waals surface area contributed by atoms with Crippen molar-refractivity contribution in [2.75, 3.05) is 0 Å². The van der Waals surface area contributed by atoms with Gasteiger partial charge in [0.25, 0.3) is 0 Å². The zero-order valence-electron chi connectivity index (χ0n) is 12.2. The van der Waals surface area contributed by atoms with Crippen molar-refractivity contribution >= 4 is 23.6 Å². The van der Waals surface area contributed by atoms with E-state index in [4.69, 9.17) is 9.47 Å². The fourth-order valence-corrected chi connectivity index (χ4v) is 1.11. The molecular formula is C13H20N2O4. The smallest absolute Gasteiger partial charge is 0.434 e. The van der Waals surface area contributed by atoms with Crippen molar-refractivity contribution in [3.05, 3.63) is 0 Å². The van der Waals surface area contributed by atoms with Gasteiger partial charge in [-0.15, -0.1) is 0 Å². The van der Waals surface area contributed by atoms with Gasteiger partial charge in [0.2, 0.25) is 0 Å². The molecule has 6 nitrogen and oxygen atoms in total. The molecule has 0 radical (unpaired) electrons. The van der Waals surface area contributed by atoms with Crippen molar-refractivity contribution in [1.29, 1.82) is 0 Å². The molecule has 0 unspecified atom stereocenters. The van der Waals surface area contributed by atoms with Crippen LogP contribution in [0.1, 0.15) is 48.0 Å². The number of carbonyl (C=O) groups is 2. The van der Waals surface area contributed by atoms with Crippen LogP contribution in [0.4, 0.5) is 9.59 Å². The minimum atomic E-state index is -0.670. The lowest BCUT2D eigenvalue weighted by Gasteiger charge is -2.17. The van der Waals surface area contributed by atoms with Gasteiger partial charge in [-0.2, -0.15) is 9.98 Å². The normalized spacial score (nSPS) is 19.5. The van der Waals surface area contributed by atoms with E-state index in [0.29, 0.717) is 17.8 Å². The zero-order valence-corrected chi connectivity index (χ0v) is 12.2. The van der Waals surface area contributed by atoms with E-state index in [0.717, 1.165) is 0 Å². The van der Waals surface area contributed by atoms with Crippen LogP contribution in [0.2, 0.25) is 0 Å². The highest BCUT2D eigenvalue weighted by Crippen LogP contribution is 2.17. The summed E-state index contributed by atoms with van der Waals surface area (Å²) in [6.45, 7) is 10.5. The molecule has 0 spiro atoms. The summed E-state index contributed by atoms with van der Waals surface area (Å²) < 4.78 is 10.0. The van der Waals surface area contributed by atoms with Crippen LogP contribution in [0.3, 0.4) is 0 Å². The summed E-state index contributed by atoms with van der Waals surface area (Å²) >= 11 is 0. The summed E-state index contributed by atoms with van der Waals surface area (Å²) in [4.78, 5) is 30.2. The molecule has 106 valence electrons. The molecule has 1 fully saturated rings. The Labute approximate surface area is 112 Å². The van der Waals surface area contributed by atoms with Crippen LogP contribution in [0.15, 0.2) is 9.98 Å². The lowest BCUT2D eigenvalue weighted by molar-refractivity contribution is 0.0592. The third-order valence-corrected chi connectivity index (χ3v) is 1.78. The summed E-state index contributed by atoms with van der Waals surface area (Å²) in [7, 11) is 0. The Morgan fingerprint density at radius 2 is 1.16 bits per heavy atom. The van der Waals surface area contributed by atoms with E-state index < -0.39 is 23.4 Å². The quantitative estimate of drug-likeness (QED) is 0.676. The highest BCUT2D eigenvalue weighted by molar-refractivity contribution is 6.64. The maximum absolute atomic E-state index is 11.4. The van der Waals surface area contributed by atoms with Crippen LogP contribution in [0.5, 0.6) is 0 Å². The average molecular weight is 268 g/mol. The van der Waals surface area contributed by atoms with Crippen molar-refractivity contribution < 1.29 is 19.1 Å². The van der Waals surface area contributed by atoms with Gasteiger partial charge in [0, 0.05) is 6.42 Å². The standard InChI is InChI=1S/C13H20N2O4/c1-12(2,3)18-10(16)14-8-7-9(8)15-11(17)19-13(4,5)6/h7H2,1-6H3. The molecule has 1 saturated carbocycles. The minimum absolute atomic E-state index is 0.415. The van der Waals surface area contributed by atoms with Crippen LogP contribution in [-0.2, 0) is 9.47 Å². The first-order valence-corrected chi connectivity index (χ1v) is 6.08. The van der Waals surface area contributed by atoms with Gasteiger partial charge < -0.3 is 9.47 Å². The summed E-state index contributed by atoms with van der Waals surface area (Å²) in [5, 5.41) is 0. The average Bonchev–Trinajstić information content (AvgIpc) is 2.74. The number of aliphatic imine (C=N–C) groups is 2. The van der Waals surface area contributed by atoms with Gasteiger partial charge in [0.1, 0.15) is 11.2 Å². The second-order valence-electron chi connectivity index (χ2n) is 6.25. The highest BCUT2D eigenvalue weighted by atomic mass is 16.6. The molecule has 19 heavy (non-hydrogen) atoms. The number of hydrogen-bond donors (Lipinski definition) is 0. The van der Waals surface area contributed by atoms with E-state index in [1.807, 2.05) is 0 Å². The molecule has 1 aliphatic rings. The van der Waals surface area contributed by atoms with Crippen molar-refractivity contribution in [3.63, 3.8) is 0 Å². The molecule has 0 aromatic heterocycles. The van der Waals surface area contributed by atoms with Gasteiger partial charge in [-0.3, -0.25) is 0 Å². The first-order valence-electron chi connectivity index (χ1n) is 6.08. The monoisotopic (exact) mass is 268 g/mol. The van der Waals surface area contributed by atoms with Gasteiger partial charge in [-0.25, -0.2) is 9.59 Å². The third-order valence-electron chi connectivity index (χ3n) is 1.78. The summed E-state index contributed by atoms with van der Waals surface area (Å²) in [5.74, 6) is 0. The predicted octanol–water partition coefficient (Wildman–Crippen LogP) is 3.14. The Balaban J connectivity index is 2.55. The molecule has 0 atom stereocenters. The topological polar surface area (TPSA) is 77.3 Å². The van der Waals surface area contributed by atoms with Crippen LogP contribution >= 0.6 is 0 Å². The molecule has 0 N–H and O–H groups in total. The van der Waals surface area contributed by atoms with E-state index in [-0.39, 0.29) is 0 Å². The number of amides is 2. The van der Waals surface area contributed by atoms with Crippen molar-refractivity contribution in [1.82, 2.24) is 0 Å². The fourth-order valence-electron chi connectivity index (χ4n) is 1.11. The molecule has 1 rings (SSSR count). The zero-order chi connectivity index (χ0) is 14.8. The number of carbonyl (C=O) groups excluding carboxylic acids is 2. The Morgan fingerprint density at radius 1 is 0.842 bits per heavy atom. The summed E-state index contributed by atoms with van der Waals surface area (Å²) in [6, 6.07) is 0. The van der Waals surface area contributed by atoms with Crippen molar-refractivity contribution in [2.45, 2.75) is 59.2 Å². The predicted molar refractivity (Wildman–Crippen MR) is 72.0 cm³/mol. The summed E-state index contributed by atoms with van der Waals surface area (Å²) in [5.41, 5.74) is -0.225. The Kier molecular flexibility index (Phi) is 4.12. The first kappa shape index (κ1) is 15.3. The lowest BCUT2D eigenvalue weighted by Crippen LogP contribution is -2.22. The second-order valence-corrected chi connectivity index (χ2v) is 6.25. The summed E-state index contributed by atoms with van der Waals surface area (Å²) in [6.07, 6.45) is -0.924. The molecule has 0 aliphatic heterocycles. The van der Waals surface area contributed by atoms with E-state index in [9.17, 15) is 9.59 Å². The van der Waals surface area contributed by atoms with Crippen LogP contribution in [0, 0.1) is 0 Å². The third kappa shape index (κ3) is 6.69. The van der Waals surface area contributed by atoms with Crippen LogP contribution in [-0.4, -0.2) is 34.8 Å². The molecule has 0 aromatic carbocycles.